The molecule has 51 heavy (non-hydrogen) atoms. The zero-order valence-electron chi connectivity index (χ0n) is 30.7. The first-order valence-corrected chi connectivity index (χ1v) is 18.3. The van der Waals surface area contributed by atoms with Crippen molar-refractivity contribution < 1.29 is 4.58 Å². The van der Waals surface area contributed by atoms with Gasteiger partial charge in [0.2, 0.25) is 5.69 Å². The number of allylic oxidation sites excluding steroid dienone is 8. The largest absolute Gasteiger partial charge is 0.347 e. The van der Waals surface area contributed by atoms with Gasteiger partial charge in [0.25, 0.3) is 0 Å². The van der Waals surface area contributed by atoms with E-state index in [9.17, 15) is 0 Å². The highest BCUT2D eigenvalue weighted by Gasteiger charge is 2.43. The number of hydrogen-bond acceptors (Lipinski definition) is 1. The Kier molecular flexibility index (Phi) is 8.14. The van der Waals surface area contributed by atoms with Crippen molar-refractivity contribution in [1.29, 1.82) is 0 Å². The molecular weight excluding hydrogens is 617 g/mol. The molecule has 2 heteroatoms. The maximum absolute atomic E-state index is 2.40. The summed E-state index contributed by atoms with van der Waals surface area (Å²) in [6.07, 6.45) is 11.6. The van der Waals surface area contributed by atoms with Gasteiger partial charge in [-0.2, -0.15) is 4.58 Å². The van der Waals surface area contributed by atoms with Crippen LogP contribution in [0.5, 0.6) is 0 Å². The SMILES string of the molecule is CN1/C(=C/C=C2\CCC(/C=C/C3=[N+](C)c4ccc(-c5ccccc5)cc4C3(C)C)=C2c2ccccc2)C(C)(C)c2cc(-c3ccccc3)ccc21. The molecule has 3 aliphatic rings. The van der Waals surface area contributed by atoms with Crippen molar-refractivity contribution in [3.63, 3.8) is 0 Å². The number of nitrogens with zero attached hydrogens (tertiary/aromatic N) is 2. The van der Waals surface area contributed by atoms with E-state index in [2.05, 4.69) is 203 Å². The lowest BCUT2D eigenvalue weighted by atomic mass is 9.80. The van der Waals surface area contributed by atoms with Gasteiger partial charge in [-0.25, -0.2) is 0 Å². The molecule has 1 aliphatic carbocycles. The Morgan fingerprint density at radius 2 is 1.14 bits per heavy atom. The van der Waals surface area contributed by atoms with Crippen LogP contribution in [0.3, 0.4) is 0 Å². The molecule has 0 atom stereocenters. The van der Waals surface area contributed by atoms with Crippen LogP contribution in [0, 0.1) is 0 Å². The van der Waals surface area contributed by atoms with Crippen molar-refractivity contribution in [2.24, 2.45) is 0 Å². The maximum Gasteiger partial charge on any atom is 0.209 e. The highest BCUT2D eigenvalue weighted by atomic mass is 15.2. The van der Waals surface area contributed by atoms with Crippen LogP contribution < -0.4 is 4.90 Å². The van der Waals surface area contributed by atoms with Crippen LogP contribution >= 0.6 is 0 Å². The lowest BCUT2D eigenvalue weighted by Gasteiger charge is -2.24. The van der Waals surface area contributed by atoms with Gasteiger partial charge >= 0.3 is 0 Å². The molecule has 0 unspecified atom stereocenters. The Morgan fingerprint density at radius 3 is 1.76 bits per heavy atom. The Balaban J connectivity index is 1.14. The van der Waals surface area contributed by atoms with Crippen molar-refractivity contribution in [2.45, 2.75) is 51.4 Å². The van der Waals surface area contributed by atoms with E-state index < -0.39 is 0 Å². The fourth-order valence-electron chi connectivity index (χ4n) is 8.69. The molecule has 5 aromatic rings. The number of rotatable bonds is 6. The molecular formula is C49H47N2+. The van der Waals surface area contributed by atoms with Crippen LogP contribution in [-0.2, 0) is 10.8 Å². The molecule has 0 N–H and O–H groups in total. The molecule has 0 bridgehead atoms. The molecule has 2 aliphatic heterocycles. The van der Waals surface area contributed by atoms with Gasteiger partial charge in [0.15, 0.2) is 5.71 Å². The topological polar surface area (TPSA) is 6.25 Å². The first kappa shape index (κ1) is 32.7. The van der Waals surface area contributed by atoms with Crippen molar-refractivity contribution >= 4 is 22.7 Å². The molecule has 0 amide bonds. The Labute approximate surface area is 304 Å². The Hall–Kier alpha value is -5.47. The number of hydrogen-bond donors (Lipinski definition) is 0. The minimum Gasteiger partial charge on any atom is -0.347 e. The highest BCUT2D eigenvalue weighted by molar-refractivity contribution is 6.04. The second-order valence-corrected chi connectivity index (χ2v) is 15.3. The molecule has 0 aromatic heterocycles. The minimum absolute atomic E-state index is 0.117. The van der Waals surface area contributed by atoms with Gasteiger partial charge in [-0.3, -0.25) is 0 Å². The van der Waals surface area contributed by atoms with E-state index in [1.165, 1.54) is 78.4 Å². The first-order valence-electron chi connectivity index (χ1n) is 18.3. The second-order valence-electron chi connectivity index (χ2n) is 15.3. The summed E-state index contributed by atoms with van der Waals surface area (Å²) in [6, 6.07) is 46.3. The molecule has 0 fully saturated rings. The fourth-order valence-corrected chi connectivity index (χ4v) is 8.69. The molecule has 2 heterocycles. The van der Waals surface area contributed by atoms with Gasteiger partial charge in [-0.1, -0.05) is 123 Å². The van der Waals surface area contributed by atoms with Gasteiger partial charge in [-0.05, 0) is 107 Å². The zero-order chi connectivity index (χ0) is 35.3. The lowest BCUT2D eigenvalue weighted by molar-refractivity contribution is -0.401. The summed E-state index contributed by atoms with van der Waals surface area (Å²) >= 11 is 0. The van der Waals surface area contributed by atoms with Crippen LogP contribution in [0.15, 0.2) is 169 Å². The van der Waals surface area contributed by atoms with Crippen LogP contribution in [-0.4, -0.2) is 24.4 Å². The van der Waals surface area contributed by atoms with Crippen LogP contribution in [0.1, 0.15) is 57.2 Å². The number of fused-ring (bicyclic) bond motifs is 2. The molecule has 5 aromatic carbocycles. The summed E-state index contributed by atoms with van der Waals surface area (Å²) in [7, 11) is 4.43. The van der Waals surface area contributed by atoms with E-state index in [1.54, 1.807) is 0 Å². The first-order chi connectivity index (χ1) is 24.6. The van der Waals surface area contributed by atoms with Gasteiger partial charge in [0, 0.05) is 41.6 Å². The second kappa shape index (κ2) is 12.7. The van der Waals surface area contributed by atoms with Crippen molar-refractivity contribution in [1.82, 2.24) is 0 Å². The summed E-state index contributed by atoms with van der Waals surface area (Å²) in [4.78, 5) is 2.39. The summed E-state index contributed by atoms with van der Waals surface area (Å²) in [6.45, 7) is 9.46. The lowest BCUT2D eigenvalue weighted by Crippen LogP contribution is -2.26. The summed E-state index contributed by atoms with van der Waals surface area (Å²) in [5.41, 5.74) is 18.3. The predicted molar refractivity (Wildman–Crippen MR) is 217 cm³/mol. The molecule has 0 saturated carbocycles. The van der Waals surface area contributed by atoms with Crippen LogP contribution in [0.4, 0.5) is 11.4 Å². The van der Waals surface area contributed by atoms with Gasteiger partial charge in [0.1, 0.15) is 7.05 Å². The van der Waals surface area contributed by atoms with E-state index in [4.69, 9.17) is 0 Å². The quantitative estimate of drug-likeness (QED) is 0.164. The number of anilines is 1. The normalized spacial score (nSPS) is 19.1. The highest BCUT2D eigenvalue weighted by Crippen LogP contribution is 2.49. The maximum atomic E-state index is 2.40. The van der Waals surface area contributed by atoms with Crippen LogP contribution in [0.25, 0.3) is 27.8 Å². The standard InChI is InChI=1S/C49H47N2/c1-48(2)41-32-39(34-16-10-7-11-17-34)24-28-43(41)50(5)45(48)30-26-37-22-23-38(47(37)36-20-14-9-15-21-36)27-31-46-49(3,4)42-33-40(25-29-44(42)51(46)6)35-18-12-8-13-19-35/h7-21,24-33H,22-23H2,1-6H3/q+1. The monoisotopic (exact) mass is 663 g/mol. The minimum atomic E-state index is -0.117. The average molecular weight is 664 g/mol. The molecule has 0 spiro atoms. The van der Waals surface area contributed by atoms with E-state index in [0.29, 0.717) is 0 Å². The van der Waals surface area contributed by atoms with E-state index >= 15 is 0 Å². The molecule has 0 radical (unpaired) electrons. The molecule has 0 saturated heterocycles. The predicted octanol–water partition coefficient (Wildman–Crippen LogP) is 12.1. The van der Waals surface area contributed by atoms with E-state index in [-0.39, 0.29) is 10.8 Å². The van der Waals surface area contributed by atoms with Crippen LogP contribution in [0.2, 0.25) is 0 Å². The summed E-state index contributed by atoms with van der Waals surface area (Å²) in [5.74, 6) is 0. The molecule has 2 nitrogen and oxygen atoms in total. The number of likely N-dealkylation sites (N-methyl/N-ethyl adjacent to an activating group) is 1. The number of benzene rings is 5. The Morgan fingerprint density at radius 1 is 0.569 bits per heavy atom. The van der Waals surface area contributed by atoms with Crippen molar-refractivity contribution in [3.8, 4) is 22.3 Å². The van der Waals surface area contributed by atoms with E-state index in [0.717, 1.165) is 12.8 Å². The van der Waals surface area contributed by atoms with Crippen molar-refractivity contribution in [3.05, 3.63) is 185 Å². The molecule has 8 rings (SSSR count). The summed E-state index contributed by atoms with van der Waals surface area (Å²) in [5, 5.41) is 0. The average Bonchev–Trinajstić information content (AvgIpc) is 3.71. The third-order valence-corrected chi connectivity index (χ3v) is 11.5. The molecule has 252 valence electrons. The zero-order valence-corrected chi connectivity index (χ0v) is 30.7. The summed E-state index contributed by atoms with van der Waals surface area (Å²) < 4.78 is 2.39. The fraction of sp³-hybridized carbons (Fsp3) is 0.204. The smallest absolute Gasteiger partial charge is 0.209 e. The van der Waals surface area contributed by atoms with Gasteiger partial charge < -0.3 is 4.90 Å². The Bertz CT molecular complexity index is 2290. The van der Waals surface area contributed by atoms with Gasteiger partial charge in [-0.15, -0.1) is 0 Å². The third-order valence-electron chi connectivity index (χ3n) is 11.5. The third kappa shape index (κ3) is 5.64. The van der Waals surface area contributed by atoms with Gasteiger partial charge in [0.05, 0.1) is 5.41 Å². The van der Waals surface area contributed by atoms with E-state index in [1.807, 2.05) is 0 Å². The van der Waals surface area contributed by atoms with Crippen molar-refractivity contribution in [2.75, 3.05) is 19.0 Å².